The number of guanidine groups is 1. The van der Waals surface area contributed by atoms with Crippen molar-refractivity contribution >= 4 is 5.96 Å². The number of hydrogen-bond acceptors (Lipinski definition) is 2. The van der Waals surface area contributed by atoms with Crippen molar-refractivity contribution in [3.63, 3.8) is 0 Å². The number of pyridine rings is 1. The lowest BCUT2D eigenvalue weighted by Gasteiger charge is -2.07. The van der Waals surface area contributed by atoms with Gasteiger partial charge in [-0.25, -0.2) is 0 Å². The molecule has 0 radical (unpaired) electrons. The van der Waals surface area contributed by atoms with Crippen LogP contribution in [0.2, 0.25) is 0 Å². The Labute approximate surface area is 151 Å². The van der Waals surface area contributed by atoms with E-state index in [4.69, 9.17) is 5.73 Å². The monoisotopic (exact) mass is 364 g/mol. The molecule has 3 N–H and O–H groups in total. The molecular formula is C19H23F3N4. The van der Waals surface area contributed by atoms with Crippen LogP contribution in [0.3, 0.4) is 0 Å². The highest BCUT2D eigenvalue weighted by atomic mass is 19.4. The van der Waals surface area contributed by atoms with Gasteiger partial charge >= 0.3 is 6.18 Å². The highest BCUT2D eigenvalue weighted by molar-refractivity contribution is 5.77. The highest BCUT2D eigenvalue weighted by Gasteiger charge is 2.29. The first-order valence-electron chi connectivity index (χ1n) is 8.55. The summed E-state index contributed by atoms with van der Waals surface area (Å²) in [6.07, 6.45) is 0.628. The molecule has 140 valence electrons. The largest absolute Gasteiger partial charge is 0.416 e. The van der Waals surface area contributed by atoms with Crippen LogP contribution in [0, 0.1) is 0 Å². The zero-order valence-electron chi connectivity index (χ0n) is 14.5. The van der Waals surface area contributed by atoms with Gasteiger partial charge in [-0.15, -0.1) is 0 Å². The average molecular weight is 364 g/mol. The topological polar surface area (TPSA) is 63.3 Å². The van der Waals surface area contributed by atoms with Gasteiger partial charge in [0.05, 0.1) is 5.56 Å². The Balaban J connectivity index is 1.61. The second-order valence-electron chi connectivity index (χ2n) is 5.92. The minimum absolute atomic E-state index is 0.399. The Morgan fingerprint density at radius 2 is 1.81 bits per heavy atom. The predicted molar refractivity (Wildman–Crippen MR) is 96.8 cm³/mol. The summed E-state index contributed by atoms with van der Waals surface area (Å²) >= 11 is 0. The fraction of sp³-hybridized carbons (Fsp3) is 0.368. The van der Waals surface area contributed by atoms with Gasteiger partial charge in [0.25, 0.3) is 0 Å². The SMILES string of the molecule is NC(=NCCCCc1ccc(C(F)(F)F)cc1)NCCc1ccccn1. The van der Waals surface area contributed by atoms with Crippen molar-refractivity contribution in [3.05, 3.63) is 65.5 Å². The standard InChI is InChI=1S/C19H23F3N4/c20-19(21,22)16-9-7-15(8-10-16)5-1-3-13-25-18(23)26-14-11-17-6-2-4-12-24-17/h2,4,6-10,12H,1,3,5,11,13-14H2,(H3,23,25,26). The van der Waals surface area contributed by atoms with Crippen molar-refractivity contribution in [1.29, 1.82) is 0 Å². The van der Waals surface area contributed by atoms with Crippen molar-refractivity contribution in [2.24, 2.45) is 10.7 Å². The zero-order chi connectivity index (χ0) is 18.8. The number of aromatic nitrogens is 1. The maximum Gasteiger partial charge on any atom is 0.416 e. The number of halogens is 3. The molecule has 0 aliphatic heterocycles. The second kappa shape index (κ2) is 9.79. The van der Waals surface area contributed by atoms with Crippen LogP contribution < -0.4 is 11.1 Å². The fourth-order valence-corrected chi connectivity index (χ4v) is 2.42. The zero-order valence-corrected chi connectivity index (χ0v) is 14.5. The molecule has 7 heteroatoms. The van der Waals surface area contributed by atoms with Gasteiger partial charge in [-0.2, -0.15) is 13.2 Å². The lowest BCUT2D eigenvalue weighted by molar-refractivity contribution is -0.137. The number of nitrogens with one attached hydrogen (secondary N) is 1. The van der Waals surface area contributed by atoms with Crippen molar-refractivity contribution in [1.82, 2.24) is 10.3 Å². The van der Waals surface area contributed by atoms with E-state index in [1.54, 1.807) is 6.20 Å². The van der Waals surface area contributed by atoms with Crippen LogP contribution >= 0.6 is 0 Å². The molecule has 1 aromatic carbocycles. The number of benzene rings is 1. The number of aryl methyl sites for hydroxylation is 1. The van der Waals surface area contributed by atoms with Crippen LogP contribution in [0.25, 0.3) is 0 Å². The smallest absolute Gasteiger partial charge is 0.370 e. The molecule has 0 spiro atoms. The number of aliphatic imine (C=N–C) groups is 1. The number of nitrogens with two attached hydrogens (primary N) is 1. The first-order valence-corrected chi connectivity index (χ1v) is 8.55. The van der Waals surface area contributed by atoms with Gasteiger partial charge < -0.3 is 11.1 Å². The summed E-state index contributed by atoms with van der Waals surface area (Å²) in [6.45, 7) is 1.25. The molecule has 0 amide bonds. The van der Waals surface area contributed by atoms with E-state index in [1.807, 2.05) is 18.2 Å². The molecule has 4 nitrogen and oxygen atoms in total. The van der Waals surface area contributed by atoms with Gasteiger partial charge in [-0.3, -0.25) is 9.98 Å². The van der Waals surface area contributed by atoms with Gasteiger partial charge in [0.15, 0.2) is 5.96 Å². The summed E-state index contributed by atoms with van der Waals surface area (Å²) in [5.41, 5.74) is 7.07. The first kappa shape index (κ1) is 19.8. The third kappa shape index (κ3) is 7.13. The fourth-order valence-electron chi connectivity index (χ4n) is 2.42. The van der Waals surface area contributed by atoms with Gasteiger partial charge in [-0.05, 0) is 49.1 Å². The summed E-state index contributed by atoms with van der Waals surface area (Å²) in [6, 6.07) is 11.1. The van der Waals surface area contributed by atoms with Crippen molar-refractivity contribution in [2.75, 3.05) is 13.1 Å². The first-order chi connectivity index (χ1) is 12.4. The van der Waals surface area contributed by atoms with E-state index in [2.05, 4.69) is 15.3 Å². The Morgan fingerprint density at radius 3 is 2.46 bits per heavy atom. The number of nitrogens with zero attached hydrogens (tertiary/aromatic N) is 2. The molecule has 1 aromatic heterocycles. The Morgan fingerprint density at radius 1 is 1.04 bits per heavy atom. The van der Waals surface area contributed by atoms with E-state index in [-0.39, 0.29) is 0 Å². The predicted octanol–water partition coefficient (Wildman–Crippen LogP) is 3.57. The van der Waals surface area contributed by atoms with Gasteiger partial charge in [0, 0.05) is 31.4 Å². The molecule has 0 saturated carbocycles. The third-order valence-corrected chi connectivity index (χ3v) is 3.85. The molecule has 1 heterocycles. The molecule has 0 saturated heterocycles. The molecule has 0 atom stereocenters. The van der Waals surface area contributed by atoms with E-state index in [0.29, 0.717) is 19.0 Å². The summed E-state index contributed by atoms with van der Waals surface area (Å²) in [4.78, 5) is 8.47. The quantitative estimate of drug-likeness (QED) is 0.428. The minimum Gasteiger partial charge on any atom is -0.370 e. The molecule has 2 rings (SSSR count). The van der Waals surface area contributed by atoms with E-state index in [0.717, 1.165) is 49.1 Å². The maximum atomic E-state index is 12.5. The van der Waals surface area contributed by atoms with Crippen molar-refractivity contribution in [3.8, 4) is 0 Å². The molecular weight excluding hydrogens is 341 g/mol. The van der Waals surface area contributed by atoms with Crippen molar-refractivity contribution < 1.29 is 13.2 Å². The number of rotatable bonds is 8. The number of unbranched alkanes of at least 4 members (excludes halogenated alkanes) is 1. The average Bonchev–Trinajstić information content (AvgIpc) is 2.62. The molecule has 0 unspecified atom stereocenters. The molecule has 0 aliphatic carbocycles. The normalized spacial score (nSPS) is 12.2. The lowest BCUT2D eigenvalue weighted by atomic mass is 10.1. The lowest BCUT2D eigenvalue weighted by Crippen LogP contribution is -2.33. The van der Waals surface area contributed by atoms with Crippen LogP contribution in [0.5, 0.6) is 0 Å². The van der Waals surface area contributed by atoms with Crippen LogP contribution in [0.1, 0.15) is 29.7 Å². The van der Waals surface area contributed by atoms with Gasteiger partial charge in [-0.1, -0.05) is 18.2 Å². The maximum absolute atomic E-state index is 12.5. The van der Waals surface area contributed by atoms with Gasteiger partial charge in [0.1, 0.15) is 0 Å². The summed E-state index contributed by atoms with van der Waals surface area (Å²) < 4.78 is 37.5. The molecule has 0 fully saturated rings. The number of alkyl halides is 3. The third-order valence-electron chi connectivity index (χ3n) is 3.85. The van der Waals surface area contributed by atoms with E-state index in [1.165, 1.54) is 12.1 Å². The highest BCUT2D eigenvalue weighted by Crippen LogP contribution is 2.29. The molecule has 2 aromatic rings. The van der Waals surface area contributed by atoms with Gasteiger partial charge in [0.2, 0.25) is 0 Å². The Bertz CT molecular complexity index is 682. The summed E-state index contributed by atoms with van der Waals surface area (Å²) in [7, 11) is 0. The van der Waals surface area contributed by atoms with Crippen LogP contribution in [-0.2, 0) is 19.0 Å². The Kier molecular flexibility index (Phi) is 7.44. The second-order valence-corrected chi connectivity index (χ2v) is 5.92. The number of hydrogen-bond donors (Lipinski definition) is 2. The molecule has 0 aliphatic rings. The van der Waals surface area contributed by atoms with E-state index < -0.39 is 11.7 Å². The molecule has 26 heavy (non-hydrogen) atoms. The van der Waals surface area contributed by atoms with E-state index >= 15 is 0 Å². The van der Waals surface area contributed by atoms with Crippen molar-refractivity contribution in [2.45, 2.75) is 31.9 Å². The van der Waals surface area contributed by atoms with Crippen LogP contribution in [0.4, 0.5) is 13.2 Å². The van der Waals surface area contributed by atoms with Crippen LogP contribution in [-0.4, -0.2) is 24.0 Å². The summed E-state index contributed by atoms with van der Waals surface area (Å²) in [5.74, 6) is 0.399. The van der Waals surface area contributed by atoms with E-state index in [9.17, 15) is 13.2 Å². The summed E-state index contributed by atoms with van der Waals surface area (Å²) in [5, 5.41) is 3.04. The molecule has 0 bridgehead atoms. The minimum atomic E-state index is -4.28. The van der Waals surface area contributed by atoms with Crippen LogP contribution in [0.15, 0.2) is 53.7 Å². The Hall–Kier alpha value is -2.57.